The molecule has 1 unspecified atom stereocenters. The molecule has 0 spiro atoms. The molecule has 0 aliphatic carbocycles. The number of Topliss-reactive ketones (excluding diaryl/α,β-unsaturated/α-hetero) is 2. The quantitative estimate of drug-likeness (QED) is 0.602. The molecule has 9 nitrogen and oxygen atoms in total. The van der Waals surface area contributed by atoms with Crippen LogP contribution in [0.15, 0.2) is 18.3 Å². The van der Waals surface area contributed by atoms with Crippen LogP contribution in [-0.2, 0) is 11.3 Å². The summed E-state index contributed by atoms with van der Waals surface area (Å²) in [5.41, 5.74) is 0.729. The summed E-state index contributed by atoms with van der Waals surface area (Å²) in [4.78, 5) is 49.4. The van der Waals surface area contributed by atoms with Crippen LogP contribution in [-0.4, -0.2) is 66.3 Å². The van der Waals surface area contributed by atoms with Gasteiger partial charge in [0, 0.05) is 39.4 Å². The molecule has 2 aromatic heterocycles. The number of ether oxygens (including phenoxy) is 1. The normalized spacial score (nSPS) is 15.7. The van der Waals surface area contributed by atoms with E-state index in [0.29, 0.717) is 21.3 Å². The molecule has 1 N–H and O–H groups in total. The average molecular weight is 403 g/mol. The van der Waals surface area contributed by atoms with Crippen molar-refractivity contribution in [2.45, 2.75) is 19.6 Å². The number of thiazole rings is 1. The zero-order valence-corrected chi connectivity index (χ0v) is 16.9. The summed E-state index contributed by atoms with van der Waals surface area (Å²) >= 11 is 1.04. The van der Waals surface area contributed by atoms with E-state index in [1.807, 2.05) is 18.9 Å². The highest BCUT2D eigenvalue weighted by atomic mass is 32.1. The lowest BCUT2D eigenvalue weighted by Crippen LogP contribution is -2.36. The molecule has 1 aliphatic rings. The minimum Gasteiger partial charge on any atom is -0.360 e. The predicted molar refractivity (Wildman–Crippen MR) is 105 cm³/mol. The number of pyridine rings is 1. The second kappa shape index (κ2) is 8.03. The number of nitrogens with zero attached hydrogens (tertiary/aromatic N) is 4. The Bertz CT molecular complexity index is 909. The van der Waals surface area contributed by atoms with E-state index in [0.717, 1.165) is 23.7 Å². The van der Waals surface area contributed by atoms with Gasteiger partial charge >= 0.3 is 6.03 Å². The maximum absolute atomic E-state index is 12.8. The van der Waals surface area contributed by atoms with Crippen molar-refractivity contribution in [2.75, 3.05) is 37.9 Å². The molecule has 2 aromatic rings. The molecule has 1 aliphatic heterocycles. The smallest absolute Gasteiger partial charge is 0.323 e. The molecule has 0 bridgehead atoms. The van der Waals surface area contributed by atoms with Crippen LogP contribution in [0.5, 0.6) is 0 Å². The molecule has 1 atom stereocenters. The lowest BCUT2D eigenvalue weighted by atomic mass is 10.0. The van der Waals surface area contributed by atoms with E-state index in [4.69, 9.17) is 4.74 Å². The number of anilines is 2. The summed E-state index contributed by atoms with van der Waals surface area (Å²) in [5.74, 6) is -0.161. The Balaban J connectivity index is 1.77. The number of hydrogen-bond donors (Lipinski definition) is 1. The molecule has 0 radical (unpaired) electrons. The summed E-state index contributed by atoms with van der Waals surface area (Å²) in [6, 6.07) is 3.02. The summed E-state index contributed by atoms with van der Waals surface area (Å²) in [5, 5.41) is 2.90. The van der Waals surface area contributed by atoms with Crippen molar-refractivity contribution < 1.29 is 19.1 Å². The Labute approximate surface area is 166 Å². The lowest BCUT2D eigenvalue weighted by molar-refractivity contribution is 0.0257. The number of ketones is 2. The molecule has 0 aromatic carbocycles. The summed E-state index contributed by atoms with van der Waals surface area (Å²) in [7, 11) is 5.10. The van der Waals surface area contributed by atoms with Crippen molar-refractivity contribution >= 4 is 39.9 Å². The molecular formula is C18H21N5O4S. The van der Waals surface area contributed by atoms with Gasteiger partial charge in [0.05, 0.1) is 12.3 Å². The van der Waals surface area contributed by atoms with Crippen LogP contribution >= 0.6 is 11.3 Å². The van der Waals surface area contributed by atoms with Crippen molar-refractivity contribution in [2.24, 2.45) is 0 Å². The highest BCUT2D eigenvalue weighted by Crippen LogP contribution is 2.30. The molecule has 3 rings (SSSR count). The highest BCUT2D eigenvalue weighted by molar-refractivity contribution is 7.17. The van der Waals surface area contributed by atoms with Crippen molar-refractivity contribution in [3.05, 3.63) is 34.5 Å². The first-order valence-corrected chi connectivity index (χ1v) is 9.48. The maximum atomic E-state index is 12.8. The summed E-state index contributed by atoms with van der Waals surface area (Å²) < 4.78 is 5.48. The van der Waals surface area contributed by atoms with E-state index in [-0.39, 0.29) is 12.6 Å². The van der Waals surface area contributed by atoms with Gasteiger partial charge < -0.3 is 14.5 Å². The molecule has 0 saturated heterocycles. The molecule has 0 saturated carbocycles. The van der Waals surface area contributed by atoms with Gasteiger partial charge in [-0.1, -0.05) is 11.3 Å². The molecule has 3 heterocycles. The standard InChI is InChI=1S/C18H21N5O4S/c1-5-23(4)12-7-6-10(8-19-12)13(24)15-14(25)16-11(9-27-15)20-17(28-16)21-18(26)22(2)3/h6-8,15H,5,9H2,1-4H3,(H,20,21,26). The third kappa shape index (κ3) is 3.87. The number of fused-ring (bicyclic) bond motifs is 1. The highest BCUT2D eigenvalue weighted by Gasteiger charge is 2.37. The predicted octanol–water partition coefficient (Wildman–Crippen LogP) is 2.05. The molecule has 0 fully saturated rings. The van der Waals surface area contributed by atoms with E-state index in [9.17, 15) is 14.4 Å². The minimum atomic E-state index is -1.23. The average Bonchev–Trinajstić information content (AvgIpc) is 3.10. The van der Waals surface area contributed by atoms with Crippen molar-refractivity contribution in [1.29, 1.82) is 0 Å². The van der Waals surface area contributed by atoms with Crippen LogP contribution in [0.2, 0.25) is 0 Å². The van der Waals surface area contributed by atoms with Crippen LogP contribution in [0.25, 0.3) is 0 Å². The molecule has 28 heavy (non-hydrogen) atoms. The van der Waals surface area contributed by atoms with Gasteiger partial charge in [0.25, 0.3) is 0 Å². The van der Waals surface area contributed by atoms with E-state index in [1.54, 1.807) is 26.2 Å². The number of nitrogens with one attached hydrogen (secondary N) is 1. The van der Waals surface area contributed by atoms with Crippen LogP contribution in [0, 0.1) is 0 Å². The number of hydrogen-bond acceptors (Lipinski definition) is 8. The summed E-state index contributed by atoms with van der Waals surface area (Å²) in [6.07, 6.45) is 0.215. The first-order chi connectivity index (χ1) is 13.3. The van der Waals surface area contributed by atoms with Gasteiger partial charge in [0.1, 0.15) is 10.7 Å². The Morgan fingerprint density at radius 2 is 2.07 bits per heavy atom. The van der Waals surface area contributed by atoms with Crippen LogP contribution in [0.1, 0.15) is 32.6 Å². The first kappa shape index (κ1) is 19.9. The molecule has 2 amide bonds. The third-order valence-electron chi connectivity index (χ3n) is 4.30. The van der Waals surface area contributed by atoms with Crippen LogP contribution < -0.4 is 10.2 Å². The van der Waals surface area contributed by atoms with E-state index < -0.39 is 17.7 Å². The zero-order valence-electron chi connectivity index (χ0n) is 16.1. The lowest BCUT2D eigenvalue weighted by Gasteiger charge is -2.20. The topological polar surface area (TPSA) is 105 Å². The summed E-state index contributed by atoms with van der Waals surface area (Å²) in [6.45, 7) is 2.80. The van der Waals surface area contributed by atoms with E-state index in [1.165, 1.54) is 11.1 Å². The number of rotatable bonds is 5. The van der Waals surface area contributed by atoms with Crippen molar-refractivity contribution in [1.82, 2.24) is 14.9 Å². The van der Waals surface area contributed by atoms with Crippen LogP contribution in [0.4, 0.5) is 15.7 Å². The Morgan fingerprint density at radius 1 is 1.32 bits per heavy atom. The second-order valence-corrected chi connectivity index (χ2v) is 7.46. The zero-order chi connectivity index (χ0) is 20.4. The van der Waals surface area contributed by atoms with Gasteiger partial charge in [-0.15, -0.1) is 0 Å². The number of amides is 2. The van der Waals surface area contributed by atoms with E-state index >= 15 is 0 Å². The van der Waals surface area contributed by atoms with E-state index in [2.05, 4.69) is 15.3 Å². The number of carbonyl (C=O) groups is 3. The first-order valence-electron chi connectivity index (χ1n) is 8.67. The Hall–Kier alpha value is -2.85. The fourth-order valence-corrected chi connectivity index (χ4v) is 3.44. The van der Waals surface area contributed by atoms with Gasteiger partial charge in [-0.25, -0.2) is 14.8 Å². The second-order valence-electron chi connectivity index (χ2n) is 6.46. The SMILES string of the molecule is CCN(C)c1ccc(C(=O)C2OCc3nc(NC(=O)N(C)C)sc3C2=O)cn1. The van der Waals surface area contributed by atoms with Gasteiger partial charge in [-0.05, 0) is 19.1 Å². The van der Waals surface area contributed by atoms with Gasteiger partial charge in [0.2, 0.25) is 11.6 Å². The number of aromatic nitrogens is 2. The van der Waals surface area contributed by atoms with Gasteiger partial charge in [-0.3, -0.25) is 14.9 Å². The largest absolute Gasteiger partial charge is 0.360 e. The molecule has 10 heteroatoms. The van der Waals surface area contributed by atoms with Crippen molar-refractivity contribution in [3.8, 4) is 0 Å². The number of urea groups is 1. The minimum absolute atomic E-state index is 0.0237. The van der Waals surface area contributed by atoms with Crippen LogP contribution in [0.3, 0.4) is 0 Å². The van der Waals surface area contributed by atoms with Gasteiger partial charge in [0.15, 0.2) is 11.2 Å². The fraction of sp³-hybridized carbons (Fsp3) is 0.389. The maximum Gasteiger partial charge on any atom is 0.323 e. The Kier molecular flexibility index (Phi) is 5.71. The third-order valence-corrected chi connectivity index (χ3v) is 5.33. The molecular weight excluding hydrogens is 382 g/mol. The Morgan fingerprint density at radius 3 is 2.68 bits per heavy atom. The van der Waals surface area contributed by atoms with Crippen molar-refractivity contribution in [3.63, 3.8) is 0 Å². The molecule has 148 valence electrons. The number of carbonyl (C=O) groups excluding carboxylic acids is 3. The fourth-order valence-electron chi connectivity index (χ4n) is 2.52. The van der Waals surface area contributed by atoms with Gasteiger partial charge in [-0.2, -0.15) is 0 Å². The monoisotopic (exact) mass is 403 g/mol.